The van der Waals surface area contributed by atoms with Crippen molar-refractivity contribution in [2.24, 2.45) is 5.92 Å². The van der Waals surface area contributed by atoms with E-state index in [1.165, 1.54) is 17.0 Å². The van der Waals surface area contributed by atoms with Gasteiger partial charge in [-0.25, -0.2) is 8.42 Å². The zero-order chi connectivity index (χ0) is 28.6. The van der Waals surface area contributed by atoms with E-state index in [0.29, 0.717) is 18.7 Å². The summed E-state index contributed by atoms with van der Waals surface area (Å²) in [5, 5.41) is 2.95. The molecule has 9 heteroatoms. The number of carbonyl (C=O) groups excluding carboxylic acids is 2. The van der Waals surface area contributed by atoms with Crippen molar-refractivity contribution in [2.45, 2.75) is 51.6 Å². The van der Waals surface area contributed by atoms with Gasteiger partial charge in [-0.1, -0.05) is 79.2 Å². The summed E-state index contributed by atoms with van der Waals surface area (Å²) in [5.41, 5.74) is 2.22. The summed E-state index contributed by atoms with van der Waals surface area (Å²) in [6.07, 6.45) is 0.380. The third kappa shape index (κ3) is 7.92. The molecule has 0 aliphatic heterocycles. The van der Waals surface area contributed by atoms with Crippen molar-refractivity contribution >= 4 is 43.5 Å². The van der Waals surface area contributed by atoms with Crippen molar-refractivity contribution in [1.82, 2.24) is 10.2 Å². The molecule has 3 aromatic rings. The van der Waals surface area contributed by atoms with E-state index in [1.54, 1.807) is 42.5 Å². The molecule has 0 aromatic heterocycles. The van der Waals surface area contributed by atoms with Gasteiger partial charge in [-0.3, -0.25) is 13.9 Å². The van der Waals surface area contributed by atoms with E-state index >= 15 is 0 Å². The first-order valence-electron chi connectivity index (χ1n) is 13.0. The Morgan fingerprint density at radius 3 is 2.13 bits per heavy atom. The topological polar surface area (TPSA) is 86.8 Å². The highest BCUT2D eigenvalue weighted by Crippen LogP contribution is 2.26. The maximum Gasteiger partial charge on any atom is 0.264 e. The van der Waals surface area contributed by atoms with Gasteiger partial charge < -0.3 is 10.2 Å². The highest BCUT2D eigenvalue weighted by atomic mass is 79.9. The number of hydrogen-bond acceptors (Lipinski definition) is 4. The van der Waals surface area contributed by atoms with Crippen molar-refractivity contribution in [3.05, 3.63) is 94.5 Å². The van der Waals surface area contributed by atoms with Crippen LogP contribution in [0.3, 0.4) is 0 Å². The maximum absolute atomic E-state index is 14.1. The van der Waals surface area contributed by atoms with E-state index in [-0.39, 0.29) is 23.3 Å². The van der Waals surface area contributed by atoms with Gasteiger partial charge in [0.15, 0.2) is 0 Å². The molecule has 1 atom stereocenters. The Kier molecular flexibility index (Phi) is 10.7. The smallest absolute Gasteiger partial charge is 0.264 e. The number of nitrogens with zero attached hydrogens (tertiary/aromatic N) is 2. The molecule has 208 valence electrons. The Morgan fingerprint density at radius 1 is 0.923 bits per heavy atom. The third-order valence-electron chi connectivity index (χ3n) is 6.40. The number of halogens is 1. The lowest BCUT2D eigenvalue weighted by Crippen LogP contribution is -2.52. The predicted octanol–water partition coefficient (Wildman–Crippen LogP) is 5.53. The molecule has 3 rings (SSSR count). The standard InChI is InChI=1S/C30H36BrN3O4S/c1-5-28(30(36)32-19-22(2)3)33(20-24-12-10-9-11-23(24)4)29(35)21-34(26-17-15-25(31)16-18-26)39(37,38)27-13-7-6-8-14-27/h6-18,22,28H,5,19-21H2,1-4H3,(H,32,36)/t28-/m0/s1. The summed E-state index contributed by atoms with van der Waals surface area (Å²) in [4.78, 5) is 28.9. The average Bonchev–Trinajstić information content (AvgIpc) is 2.92. The molecule has 3 aromatic carbocycles. The molecule has 0 bridgehead atoms. The van der Waals surface area contributed by atoms with Gasteiger partial charge in [-0.2, -0.15) is 0 Å². The molecule has 0 aliphatic carbocycles. The molecular formula is C30H36BrN3O4S. The van der Waals surface area contributed by atoms with E-state index in [2.05, 4.69) is 21.2 Å². The fourth-order valence-electron chi connectivity index (χ4n) is 4.17. The Bertz CT molecular complexity index is 1360. The summed E-state index contributed by atoms with van der Waals surface area (Å²) in [6.45, 7) is 8.01. The van der Waals surface area contributed by atoms with Crippen LogP contribution in [-0.2, 0) is 26.2 Å². The fourth-order valence-corrected chi connectivity index (χ4v) is 5.87. The first kappa shape index (κ1) is 30.4. The number of nitrogens with one attached hydrogen (secondary N) is 1. The van der Waals surface area contributed by atoms with Gasteiger partial charge in [0.05, 0.1) is 10.6 Å². The molecule has 1 N–H and O–H groups in total. The number of aryl methyl sites for hydroxylation is 1. The first-order chi connectivity index (χ1) is 18.5. The Labute approximate surface area is 240 Å². The predicted molar refractivity (Wildman–Crippen MR) is 159 cm³/mol. The van der Waals surface area contributed by atoms with Crippen molar-refractivity contribution in [1.29, 1.82) is 0 Å². The van der Waals surface area contributed by atoms with Crippen LogP contribution >= 0.6 is 15.9 Å². The molecule has 0 heterocycles. The zero-order valence-corrected chi connectivity index (χ0v) is 25.2. The van der Waals surface area contributed by atoms with Gasteiger partial charge in [0.25, 0.3) is 10.0 Å². The second kappa shape index (κ2) is 13.8. The minimum Gasteiger partial charge on any atom is -0.354 e. The quantitative estimate of drug-likeness (QED) is 0.291. The van der Waals surface area contributed by atoms with Gasteiger partial charge in [-0.15, -0.1) is 0 Å². The number of anilines is 1. The number of carbonyl (C=O) groups is 2. The number of hydrogen-bond donors (Lipinski definition) is 1. The molecule has 0 saturated carbocycles. The van der Waals surface area contributed by atoms with Crippen molar-refractivity contribution in [2.75, 3.05) is 17.4 Å². The summed E-state index contributed by atoms with van der Waals surface area (Å²) < 4.78 is 29.5. The lowest BCUT2D eigenvalue weighted by atomic mass is 10.1. The number of sulfonamides is 1. The highest BCUT2D eigenvalue weighted by Gasteiger charge is 2.33. The van der Waals surface area contributed by atoms with E-state index in [0.717, 1.165) is 19.9 Å². The van der Waals surface area contributed by atoms with Crippen LogP contribution < -0.4 is 9.62 Å². The molecule has 0 spiro atoms. The van der Waals surface area contributed by atoms with Gasteiger partial charge >= 0.3 is 0 Å². The van der Waals surface area contributed by atoms with Crippen LogP contribution in [0.15, 0.2) is 88.2 Å². The minimum absolute atomic E-state index is 0.0768. The maximum atomic E-state index is 14.1. The second-order valence-electron chi connectivity index (χ2n) is 9.81. The summed E-state index contributed by atoms with van der Waals surface area (Å²) in [5.74, 6) is -0.475. The molecule has 0 radical (unpaired) electrons. The summed E-state index contributed by atoms with van der Waals surface area (Å²) in [7, 11) is -4.08. The van der Waals surface area contributed by atoms with E-state index in [4.69, 9.17) is 0 Å². The SMILES string of the molecule is CC[C@@H](C(=O)NCC(C)C)N(Cc1ccccc1C)C(=O)CN(c1ccc(Br)cc1)S(=O)(=O)c1ccccc1. The lowest BCUT2D eigenvalue weighted by Gasteiger charge is -2.33. The fraction of sp³-hybridized carbons (Fsp3) is 0.333. The monoisotopic (exact) mass is 613 g/mol. The van der Waals surface area contributed by atoms with Crippen LogP contribution in [0, 0.1) is 12.8 Å². The molecule has 0 aliphatic rings. The molecule has 0 fully saturated rings. The normalized spacial score (nSPS) is 12.2. The molecule has 39 heavy (non-hydrogen) atoms. The zero-order valence-electron chi connectivity index (χ0n) is 22.8. The van der Waals surface area contributed by atoms with E-state index < -0.39 is 28.5 Å². The minimum atomic E-state index is -4.08. The highest BCUT2D eigenvalue weighted by molar-refractivity contribution is 9.10. The van der Waals surface area contributed by atoms with Crippen molar-refractivity contribution < 1.29 is 18.0 Å². The van der Waals surface area contributed by atoms with E-state index in [1.807, 2.05) is 52.0 Å². The van der Waals surface area contributed by atoms with Crippen LogP contribution in [0.2, 0.25) is 0 Å². The molecular weight excluding hydrogens is 578 g/mol. The number of amides is 2. The summed E-state index contributed by atoms with van der Waals surface area (Å²) in [6, 6.07) is 21.7. The molecule has 0 unspecified atom stereocenters. The average molecular weight is 615 g/mol. The second-order valence-corrected chi connectivity index (χ2v) is 12.6. The first-order valence-corrected chi connectivity index (χ1v) is 15.2. The van der Waals surface area contributed by atoms with Gasteiger partial charge in [-0.05, 0) is 66.8 Å². The van der Waals surface area contributed by atoms with Gasteiger partial charge in [0, 0.05) is 17.6 Å². The van der Waals surface area contributed by atoms with Crippen molar-refractivity contribution in [3.63, 3.8) is 0 Å². The third-order valence-corrected chi connectivity index (χ3v) is 8.71. The largest absolute Gasteiger partial charge is 0.354 e. The Morgan fingerprint density at radius 2 is 1.54 bits per heavy atom. The molecule has 2 amide bonds. The number of rotatable bonds is 12. The molecule has 7 nitrogen and oxygen atoms in total. The summed E-state index contributed by atoms with van der Waals surface area (Å²) >= 11 is 3.39. The van der Waals surface area contributed by atoms with E-state index in [9.17, 15) is 18.0 Å². The van der Waals surface area contributed by atoms with Crippen LogP contribution in [0.25, 0.3) is 0 Å². The number of benzene rings is 3. The van der Waals surface area contributed by atoms with Crippen LogP contribution in [-0.4, -0.2) is 44.3 Å². The van der Waals surface area contributed by atoms with Crippen molar-refractivity contribution in [3.8, 4) is 0 Å². The lowest BCUT2D eigenvalue weighted by molar-refractivity contribution is -0.140. The van der Waals surface area contributed by atoms with Gasteiger partial charge in [0.2, 0.25) is 11.8 Å². The van der Waals surface area contributed by atoms with Crippen LogP contribution in [0.4, 0.5) is 5.69 Å². The molecule has 0 saturated heterocycles. The van der Waals surface area contributed by atoms with Crippen LogP contribution in [0.1, 0.15) is 38.3 Å². The Balaban J connectivity index is 2.04. The Hall–Kier alpha value is -3.17. The van der Waals surface area contributed by atoms with Gasteiger partial charge in [0.1, 0.15) is 12.6 Å². The van der Waals surface area contributed by atoms with Crippen LogP contribution in [0.5, 0.6) is 0 Å².